The maximum Gasteiger partial charge on any atom is 0.245 e. The van der Waals surface area contributed by atoms with Crippen LogP contribution in [0.15, 0.2) is 36.4 Å². The van der Waals surface area contributed by atoms with Crippen LogP contribution >= 0.6 is 0 Å². The molecule has 146 valence electrons. The minimum Gasteiger partial charge on any atom is -0.359 e. The highest BCUT2D eigenvalue weighted by molar-refractivity contribution is 6.23. The van der Waals surface area contributed by atoms with E-state index in [9.17, 15) is 14.4 Å². The number of fused-ring (bicyclic) bond motifs is 1. The van der Waals surface area contributed by atoms with Crippen molar-refractivity contribution in [2.45, 2.75) is 64.2 Å². The van der Waals surface area contributed by atoms with E-state index in [2.05, 4.69) is 18.3 Å². The number of nitrogens with one attached hydrogen (secondary N) is 1. The molecule has 5 heteroatoms. The molecule has 1 aliphatic rings. The minimum absolute atomic E-state index is 0.0311. The highest BCUT2D eigenvalue weighted by atomic mass is 16.2. The SMILES string of the molecule is CCCCCC/C=C/C[C@@]1(CC(=O)NC)C(=O)N(C(C)=O)c2ccccc21. The van der Waals surface area contributed by atoms with Crippen LogP contribution in [0.25, 0.3) is 0 Å². The molecule has 0 unspecified atom stereocenters. The van der Waals surface area contributed by atoms with Gasteiger partial charge in [-0.25, -0.2) is 4.90 Å². The van der Waals surface area contributed by atoms with Crippen molar-refractivity contribution in [1.29, 1.82) is 0 Å². The van der Waals surface area contributed by atoms with Gasteiger partial charge in [-0.15, -0.1) is 0 Å². The van der Waals surface area contributed by atoms with Crippen LogP contribution in [0, 0.1) is 0 Å². The van der Waals surface area contributed by atoms with Crippen LogP contribution in [0.3, 0.4) is 0 Å². The van der Waals surface area contributed by atoms with Crippen molar-refractivity contribution in [3.8, 4) is 0 Å². The molecule has 0 saturated heterocycles. The smallest absolute Gasteiger partial charge is 0.245 e. The van der Waals surface area contributed by atoms with E-state index in [1.165, 1.54) is 31.1 Å². The van der Waals surface area contributed by atoms with Gasteiger partial charge in [0, 0.05) is 20.4 Å². The molecule has 0 spiro atoms. The number of amides is 3. The maximum absolute atomic E-state index is 13.3. The first-order valence-corrected chi connectivity index (χ1v) is 9.78. The summed E-state index contributed by atoms with van der Waals surface area (Å²) in [6, 6.07) is 7.29. The van der Waals surface area contributed by atoms with Crippen molar-refractivity contribution in [1.82, 2.24) is 5.32 Å². The van der Waals surface area contributed by atoms with Crippen LogP contribution < -0.4 is 10.2 Å². The van der Waals surface area contributed by atoms with E-state index < -0.39 is 5.41 Å². The summed E-state index contributed by atoms with van der Waals surface area (Å²) in [6.45, 7) is 3.57. The predicted octanol–water partition coefficient (Wildman–Crippen LogP) is 3.87. The second-order valence-corrected chi connectivity index (χ2v) is 7.13. The number of nitrogens with zero attached hydrogens (tertiary/aromatic N) is 1. The van der Waals surface area contributed by atoms with E-state index >= 15 is 0 Å². The molecule has 0 radical (unpaired) electrons. The molecule has 1 N–H and O–H groups in total. The Morgan fingerprint density at radius 1 is 1.15 bits per heavy atom. The van der Waals surface area contributed by atoms with Gasteiger partial charge in [-0.05, 0) is 30.9 Å². The topological polar surface area (TPSA) is 66.5 Å². The Morgan fingerprint density at radius 3 is 2.56 bits per heavy atom. The highest BCUT2D eigenvalue weighted by Gasteiger charge is 2.52. The summed E-state index contributed by atoms with van der Waals surface area (Å²) >= 11 is 0. The zero-order chi connectivity index (χ0) is 19.9. The quantitative estimate of drug-likeness (QED) is 0.530. The summed E-state index contributed by atoms with van der Waals surface area (Å²) in [7, 11) is 1.56. The molecule has 1 heterocycles. The van der Waals surface area contributed by atoms with Crippen molar-refractivity contribution >= 4 is 23.4 Å². The zero-order valence-electron chi connectivity index (χ0n) is 16.6. The molecule has 0 fully saturated rings. The van der Waals surface area contributed by atoms with Gasteiger partial charge in [-0.2, -0.15) is 0 Å². The monoisotopic (exact) mass is 370 g/mol. The fourth-order valence-electron chi connectivity index (χ4n) is 3.72. The predicted molar refractivity (Wildman–Crippen MR) is 107 cm³/mol. The molecular formula is C22H30N2O3. The van der Waals surface area contributed by atoms with Crippen LogP contribution in [-0.4, -0.2) is 24.8 Å². The van der Waals surface area contributed by atoms with Gasteiger partial charge in [-0.1, -0.05) is 56.5 Å². The normalized spacial score (nSPS) is 18.8. The summed E-state index contributed by atoms with van der Waals surface area (Å²) in [4.78, 5) is 38.8. The van der Waals surface area contributed by atoms with Crippen LogP contribution in [0.4, 0.5) is 5.69 Å². The summed E-state index contributed by atoms with van der Waals surface area (Å²) in [5, 5.41) is 2.62. The molecule has 0 saturated carbocycles. The fraction of sp³-hybridized carbons (Fsp3) is 0.500. The number of benzene rings is 1. The van der Waals surface area contributed by atoms with E-state index in [1.807, 2.05) is 24.3 Å². The number of para-hydroxylation sites is 1. The van der Waals surface area contributed by atoms with Crippen molar-refractivity contribution < 1.29 is 14.4 Å². The van der Waals surface area contributed by atoms with Crippen LogP contribution in [-0.2, 0) is 19.8 Å². The fourth-order valence-corrected chi connectivity index (χ4v) is 3.72. The molecule has 5 nitrogen and oxygen atoms in total. The number of anilines is 1. The van der Waals surface area contributed by atoms with Crippen molar-refractivity contribution in [3.05, 3.63) is 42.0 Å². The zero-order valence-corrected chi connectivity index (χ0v) is 16.6. The minimum atomic E-state index is -1.03. The van der Waals surface area contributed by atoms with Gasteiger partial charge in [0.15, 0.2) is 0 Å². The van der Waals surface area contributed by atoms with E-state index in [4.69, 9.17) is 0 Å². The lowest BCUT2D eigenvalue weighted by atomic mass is 9.75. The molecule has 0 aromatic heterocycles. The number of carbonyl (C=O) groups is 3. The van der Waals surface area contributed by atoms with E-state index in [-0.39, 0.29) is 24.1 Å². The first kappa shape index (κ1) is 20.9. The van der Waals surface area contributed by atoms with E-state index in [1.54, 1.807) is 13.1 Å². The molecule has 0 bridgehead atoms. The summed E-state index contributed by atoms with van der Waals surface area (Å²) in [5.74, 6) is -0.842. The van der Waals surface area contributed by atoms with E-state index in [0.717, 1.165) is 18.4 Å². The number of hydrogen-bond acceptors (Lipinski definition) is 3. The third-order valence-corrected chi connectivity index (χ3v) is 5.19. The molecule has 27 heavy (non-hydrogen) atoms. The largest absolute Gasteiger partial charge is 0.359 e. The third-order valence-electron chi connectivity index (χ3n) is 5.19. The van der Waals surface area contributed by atoms with Gasteiger partial charge >= 0.3 is 0 Å². The molecule has 1 atom stereocenters. The van der Waals surface area contributed by atoms with Crippen LogP contribution in [0.2, 0.25) is 0 Å². The second-order valence-electron chi connectivity index (χ2n) is 7.13. The lowest BCUT2D eigenvalue weighted by Gasteiger charge is -2.26. The molecule has 1 aromatic rings. The van der Waals surface area contributed by atoms with Crippen LogP contribution in [0.1, 0.15) is 64.4 Å². The Labute approximate surface area is 161 Å². The highest BCUT2D eigenvalue weighted by Crippen LogP contribution is 2.46. The van der Waals surface area contributed by atoms with Gasteiger partial charge < -0.3 is 5.32 Å². The molecular weight excluding hydrogens is 340 g/mol. The molecule has 1 aliphatic heterocycles. The molecule has 0 aliphatic carbocycles. The van der Waals surface area contributed by atoms with Gasteiger partial charge in [0.25, 0.3) is 0 Å². The summed E-state index contributed by atoms with van der Waals surface area (Å²) < 4.78 is 0. The number of rotatable bonds is 9. The first-order valence-electron chi connectivity index (χ1n) is 9.78. The third kappa shape index (κ3) is 4.46. The number of carbonyl (C=O) groups excluding carboxylic acids is 3. The Hall–Kier alpha value is -2.43. The average Bonchev–Trinajstić information content (AvgIpc) is 2.89. The average molecular weight is 370 g/mol. The lowest BCUT2D eigenvalue weighted by molar-refractivity contribution is -0.132. The Kier molecular flexibility index (Phi) is 7.34. The van der Waals surface area contributed by atoms with Gasteiger partial charge in [-0.3, -0.25) is 14.4 Å². The molecule has 2 rings (SSSR count). The number of allylic oxidation sites excluding steroid dienone is 2. The van der Waals surface area contributed by atoms with Gasteiger partial charge in [0.05, 0.1) is 11.1 Å². The van der Waals surface area contributed by atoms with Crippen molar-refractivity contribution in [3.63, 3.8) is 0 Å². The van der Waals surface area contributed by atoms with E-state index in [0.29, 0.717) is 12.1 Å². The van der Waals surface area contributed by atoms with Crippen molar-refractivity contribution in [2.75, 3.05) is 11.9 Å². The standard InChI is InChI=1S/C22H30N2O3/c1-4-5-6-7-8-9-12-15-22(16-20(26)23-3)18-13-10-11-14-19(18)24(17(2)25)21(22)27/h9-14H,4-8,15-16H2,1-3H3,(H,23,26)/b12-9+/t22-/m0/s1. The number of hydrogen-bond donors (Lipinski definition) is 1. The Balaban J connectivity index is 2.30. The second kappa shape index (κ2) is 9.49. The lowest BCUT2D eigenvalue weighted by Crippen LogP contribution is -2.44. The first-order chi connectivity index (χ1) is 13.0. The molecule has 1 aromatic carbocycles. The Morgan fingerprint density at radius 2 is 1.89 bits per heavy atom. The van der Waals surface area contributed by atoms with Crippen LogP contribution in [0.5, 0.6) is 0 Å². The number of imide groups is 1. The summed E-state index contributed by atoms with van der Waals surface area (Å²) in [5.41, 5.74) is 0.321. The maximum atomic E-state index is 13.3. The Bertz CT molecular complexity index is 726. The van der Waals surface area contributed by atoms with Gasteiger partial charge in [0.1, 0.15) is 0 Å². The van der Waals surface area contributed by atoms with Crippen molar-refractivity contribution in [2.24, 2.45) is 0 Å². The molecule has 3 amide bonds. The number of unbranched alkanes of at least 4 members (excludes halogenated alkanes) is 4. The van der Waals surface area contributed by atoms with Gasteiger partial charge in [0.2, 0.25) is 17.7 Å². The summed E-state index contributed by atoms with van der Waals surface area (Å²) in [6.07, 6.45) is 10.2.